The van der Waals surface area contributed by atoms with E-state index in [9.17, 15) is 0 Å². The van der Waals surface area contributed by atoms with E-state index in [0.29, 0.717) is 12.5 Å². The van der Waals surface area contributed by atoms with Crippen LogP contribution in [0.4, 0.5) is 0 Å². The van der Waals surface area contributed by atoms with Crippen molar-refractivity contribution in [2.24, 2.45) is 21.5 Å². The molecule has 0 bridgehead atoms. The zero-order valence-corrected chi connectivity index (χ0v) is 16.5. The van der Waals surface area contributed by atoms with Gasteiger partial charge in [0.05, 0.1) is 0 Å². The first-order valence-corrected chi connectivity index (χ1v) is 9.80. The molecule has 4 rings (SSSR count). The molecule has 0 saturated carbocycles. The van der Waals surface area contributed by atoms with Gasteiger partial charge in [0.2, 0.25) is 5.96 Å². The fraction of sp³-hybridized carbons (Fsp3) is 0.217. The molecule has 3 aromatic carbocycles. The van der Waals surface area contributed by atoms with Crippen LogP contribution < -0.4 is 22.1 Å². The lowest BCUT2D eigenvalue weighted by molar-refractivity contribution is 0.338. The maximum atomic E-state index is 6.69. The molecule has 0 aromatic heterocycles. The highest BCUT2D eigenvalue weighted by Gasteiger charge is 2.37. The highest BCUT2D eigenvalue weighted by molar-refractivity contribution is 6.00. The van der Waals surface area contributed by atoms with E-state index in [2.05, 4.69) is 63.9 Å². The molecule has 2 atom stereocenters. The van der Waals surface area contributed by atoms with Gasteiger partial charge < -0.3 is 11.1 Å². The fourth-order valence-corrected chi connectivity index (χ4v) is 3.69. The predicted molar refractivity (Wildman–Crippen MR) is 120 cm³/mol. The van der Waals surface area contributed by atoms with Gasteiger partial charge in [0.15, 0.2) is 11.7 Å². The lowest BCUT2D eigenvalue weighted by Crippen LogP contribution is -2.66. The van der Waals surface area contributed by atoms with Crippen molar-refractivity contribution in [2.45, 2.75) is 25.0 Å². The van der Waals surface area contributed by atoms with Crippen LogP contribution >= 0.6 is 0 Å². The third-order valence-electron chi connectivity index (χ3n) is 5.33. The molecule has 6 nitrogen and oxygen atoms in total. The molecule has 0 spiro atoms. The molecular formula is C23H26N6. The minimum absolute atomic E-state index is 0.131. The first-order chi connectivity index (χ1) is 14.0. The summed E-state index contributed by atoms with van der Waals surface area (Å²) in [6.45, 7) is 2.67. The minimum Gasteiger partial charge on any atom is -0.370 e. The highest BCUT2D eigenvalue weighted by atomic mass is 15.4. The monoisotopic (exact) mass is 386 g/mol. The minimum atomic E-state index is -1.09. The third-order valence-corrected chi connectivity index (χ3v) is 5.33. The van der Waals surface area contributed by atoms with Crippen LogP contribution in [0.5, 0.6) is 0 Å². The van der Waals surface area contributed by atoms with Crippen molar-refractivity contribution in [3.05, 3.63) is 83.9 Å². The number of guanidine groups is 2. The van der Waals surface area contributed by atoms with E-state index in [-0.39, 0.29) is 11.9 Å². The maximum Gasteiger partial charge on any atom is 0.201 e. The Bertz CT molecular complexity index is 1050. The van der Waals surface area contributed by atoms with Crippen LogP contribution in [0.3, 0.4) is 0 Å². The summed E-state index contributed by atoms with van der Waals surface area (Å²) < 4.78 is 0. The van der Waals surface area contributed by atoms with Gasteiger partial charge >= 0.3 is 0 Å². The Morgan fingerprint density at radius 3 is 2.55 bits per heavy atom. The largest absolute Gasteiger partial charge is 0.370 e. The molecule has 6 N–H and O–H groups in total. The summed E-state index contributed by atoms with van der Waals surface area (Å²) in [5.74, 6) is -0.418. The van der Waals surface area contributed by atoms with Gasteiger partial charge in [0.25, 0.3) is 0 Å². The molecule has 1 aliphatic rings. The second kappa shape index (κ2) is 7.93. The molecule has 0 amide bonds. The third kappa shape index (κ3) is 4.07. The van der Waals surface area contributed by atoms with Crippen molar-refractivity contribution in [3.63, 3.8) is 0 Å². The van der Waals surface area contributed by atoms with E-state index >= 15 is 0 Å². The Morgan fingerprint density at radius 1 is 1.00 bits per heavy atom. The lowest BCUT2D eigenvalue weighted by atomic mass is 9.89. The summed E-state index contributed by atoms with van der Waals surface area (Å²) in [5, 5.41) is 8.57. The lowest BCUT2D eigenvalue weighted by Gasteiger charge is -2.37. The number of hydrogen-bond acceptors (Lipinski definition) is 4. The van der Waals surface area contributed by atoms with Crippen molar-refractivity contribution >= 4 is 22.7 Å². The first-order valence-electron chi connectivity index (χ1n) is 9.80. The highest BCUT2D eigenvalue weighted by Crippen LogP contribution is 2.32. The summed E-state index contributed by atoms with van der Waals surface area (Å²) in [5.41, 5.74) is 15.1. The average Bonchev–Trinajstić information content (AvgIpc) is 2.73. The molecule has 6 heteroatoms. The quantitative estimate of drug-likeness (QED) is 0.541. The van der Waals surface area contributed by atoms with E-state index in [1.807, 2.05) is 36.4 Å². The van der Waals surface area contributed by atoms with Gasteiger partial charge in [-0.3, -0.25) is 16.0 Å². The molecule has 1 heterocycles. The normalized spacial score (nSPS) is 21.3. The summed E-state index contributed by atoms with van der Waals surface area (Å²) in [6, 6.07) is 24.7. The molecule has 0 aliphatic carbocycles. The van der Waals surface area contributed by atoms with Crippen molar-refractivity contribution in [1.29, 1.82) is 0 Å². The number of nitrogens with zero attached hydrogens (tertiary/aromatic N) is 2. The van der Waals surface area contributed by atoms with Crippen LogP contribution in [-0.4, -0.2) is 24.3 Å². The Balaban J connectivity index is 1.57. The number of nitrogens with one attached hydrogen (secondary N) is 2. The van der Waals surface area contributed by atoms with Gasteiger partial charge in [0.1, 0.15) is 0 Å². The Morgan fingerprint density at radius 2 is 1.72 bits per heavy atom. The van der Waals surface area contributed by atoms with Crippen LogP contribution in [0.1, 0.15) is 24.0 Å². The predicted octanol–water partition coefficient (Wildman–Crippen LogP) is 2.66. The standard InChI is InChI=1S/C23H26N6/c1-16(19-13-7-11-18-10-5-6-12-20(18)19)23(25)28-21(24)27-22(29-23)26-15-14-17-8-3-2-4-9-17/h2-13,16H,14-15,25H2,1H3,(H4,24,26,27,28,29)/t16-,23?/m0/s1. The fourth-order valence-electron chi connectivity index (χ4n) is 3.69. The molecular weight excluding hydrogens is 360 g/mol. The van der Waals surface area contributed by atoms with Gasteiger partial charge in [-0.05, 0) is 28.3 Å². The number of aliphatic imine (C=N–C) groups is 2. The Hall–Kier alpha value is -3.38. The van der Waals surface area contributed by atoms with Crippen LogP contribution in [0.2, 0.25) is 0 Å². The topological polar surface area (TPSA) is 101 Å². The van der Waals surface area contributed by atoms with E-state index in [1.165, 1.54) is 10.9 Å². The number of fused-ring (bicyclic) bond motifs is 1. The molecule has 29 heavy (non-hydrogen) atoms. The van der Waals surface area contributed by atoms with Gasteiger partial charge in [0, 0.05) is 12.5 Å². The number of benzene rings is 3. The second-order valence-electron chi connectivity index (χ2n) is 7.33. The second-order valence-corrected chi connectivity index (χ2v) is 7.33. The van der Waals surface area contributed by atoms with Crippen LogP contribution in [-0.2, 0) is 6.42 Å². The van der Waals surface area contributed by atoms with Crippen molar-refractivity contribution < 1.29 is 0 Å². The van der Waals surface area contributed by atoms with E-state index < -0.39 is 5.79 Å². The molecule has 0 radical (unpaired) electrons. The van der Waals surface area contributed by atoms with E-state index in [1.54, 1.807) is 0 Å². The van der Waals surface area contributed by atoms with Crippen molar-refractivity contribution in [3.8, 4) is 0 Å². The van der Waals surface area contributed by atoms with Crippen molar-refractivity contribution in [1.82, 2.24) is 10.6 Å². The van der Waals surface area contributed by atoms with E-state index in [0.717, 1.165) is 17.4 Å². The Kier molecular flexibility index (Phi) is 5.18. The summed E-state index contributed by atoms with van der Waals surface area (Å²) >= 11 is 0. The number of nitrogens with two attached hydrogens (primary N) is 2. The zero-order chi connectivity index (χ0) is 20.3. The smallest absolute Gasteiger partial charge is 0.201 e. The molecule has 0 saturated heterocycles. The van der Waals surface area contributed by atoms with Crippen LogP contribution in [0.15, 0.2) is 82.8 Å². The van der Waals surface area contributed by atoms with Gasteiger partial charge in [-0.1, -0.05) is 79.7 Å². The molecule has 3 aromatic rings. The maximum absolute atomic E-state index is 6.69. The zero-order valence-electron chi connectivity index (χ0n) is 16.5. The van der Waals surface area contributed by atoms with Gasteiger partial charge in [-0.15, -0.1) is 0 Å². The van der Waals surface area contributed by atoms with Crippen LogP contribution in [0, 0.1) is 0 Å². The van der Waals surface area contributed by atoms with Gasteiger partial charge in [-0.25, -0.2) is 4.99 Å². The summed E-state index contributed by atoms with van der Waals surface area (Å²) in [4.78, 5) is 9.10. The van der Waals surface area contributed by atoms with Gasteiger partial charge in [-0.2, -0.15) is 0 Å². The SMILES string of the molecule is C[C@@H](c1cccc2ccccc12)C1(N)N=C(N)NC(=NCCc2ccccc2)N1. The molecule has 1 aliphatic heterocycles. The van der Waals surface area contributed by atoms with Crippen LogP contribution in [0.25, 0.3) is 10.8 Å². The van der Waals surface area contributed by atoms with Crippen molar-refractivity contribution in [2.75, 3.05) is 6.54 Å². The molecule has 0 fully saturated rings. The summed E-state index contributed by atoms with van der Waals surface area (Å²) in [7, 11) is 0. The van der Waals surface area contributed by atoms with E-state index in [4.69, 9.17) is 11.5 Å². The molecule has 1 unspecified atom stereocenters. The molecule has 148 valence electrons. The number of hydrogen-bond donors (Lipinski definition) is 4. The first kappa shape index (κ1) is 19.0. The average molecular weight is 387 g/mol. The Labute approximate surface area is 170 Å². The summed E-state index contributed by atoms with van der Waals surface area (Å²) in [6.07, 6.45) is 0.835. The number of rotatable bonds is 5.